The van der Waals surface area contributed by atoms with Crippen LogP contribution in [0.2, 0.25) is 0 Å². The number of hydrogen-bond acceptors (Lipinski definition) is 9. The van der Waals surface area contributed by atoms with Crippen molar-refractivity contribution in [2.75, 3.05) is 13.2 Å². The van der Waals surface area contributed by atoms with Gasteiger partial charge in [0.25, 0.3) is 0 Å². The van der Waals surface area contributed by atoms with Gasteiger partial charge in [0.1, 0.15) is 17.2 Å². The highest BCUT2D eigenvalue weighted by molar-refractivity contribution is 5.93. The molecular formula is C43H38O9. The Kier molecular flexibility index (Phi) is 8.42. The Labute approximate surface area is 301 Å². The Morgan fingerprint density at radius 1 is 0.692 bits per heavy atom. The largest absolute Gasteiger partial charge is 0.465 e. The summed E-state index contributed by atoms with van der Waals surface area (Å²) in [4.78, 5) is 23.9. The minimum Gasteiger partial charge on any atom is -0.465 e. The predicted octanol–water partition coefficient (Wildman–Crippen LogP) is 7.97. The number of fused-ring (bicyclic) bond motifs is 7. The molecule has 9 nitrogen and oxygen atoms in total. The first-order valence-electron chi connectivity index (χ1n) is 17.9. The highest BCUT2D eigenvalue weighted by Crippen LogP contribution is 2.53. The zero-order chi connectivity index (χ0) is 35.3. The van der Waals surface area contributed by atoms with Crippen LogP contribution in [-0.4, -0.2) is 56.0 Å². The zero-order valence-electron chi connectivity index (χ0n) is 28.9. The Morgan fingerprint density at radius 2 is 1.40 bits per heavy atom. The molecule has 5 aromatic carbocycles. The van der Waals surface area contributed by atoms with E-state index in [4.69, 9.17) is 33.2 Å². The molecule has 0 bridgehead atoms. The lowest BCUT2D eigenvalue weighted by Gasteiger charge is -2.34. The van der Waals surface area contributed by atoms with E-state index < -0.39 is 24.8 Å². The van der Waals surface area contributed by atoms with Crippen LogP contribution >= 0.6 is 0 Å². The average molecular weight is 699 g/mol. The van der Waals surface area contributed by atoms with Crippen molar-refractivity contribution < 1.29 is 42.7 Å². The topological polar surface area (TPSA) is 98.8 Å². The van der Waals surface area contributed by atoms with E-state index in [2.05, 4.69) is 78.9 Å². The van der Waals surface area contributed by atoms with E-state index >= 15 is 0 Å². The maximum absolute atomic E-state index is 12.0. The number of ether oxygens (including phenoxy) is 7. The summed E-state index contributed by atoms with van der Waals surface area (Å²) in [5.74, 6) is 1.44. The molecule has 0 amide bonds. The van der Waals surface area contributed by atoms with Crippen LogP contribution in [0.1, 0.15) is 60.4 Å². The van der Waals surface area contributed by atoms with E-state index in [0.29, 0.717) is 38.2 Å². The second-order valence-electron chi connectivity index (χ2n) is 13.7. The standard InChI is InChI=1S/C43H38O9/c1-24(50-37-17-19-46-42(37)44)48-31-11-13-33-28(22-31)9-15-35-40(33)39(30-8-7-26-5-3-4-6-27(26)21-30)41-34-14-12-32(23-29(34)10-16-36(41)52-35)49-25(2)51-38-18-20-47-43(38)45/h3-16,21-22,24-25,32,37-39H,17-20,23H2,1-2H3. The smallest absolute Gasteiger partial charge is 0.335 e. The van der Waals surface area contributed by atoms with Crippen molar-refractivity contribution in [2.24, 2.45) is 0 Å². The monoisotopic (exact) mass is 698 g/mol. The highest BCUT2D eigenvalue weighted by atomic mass is 16.7. The van der Waals surface area contributed by atoms with Crippen LogP contribution in [-0.2, 0) is 39.7 Å². The fraction of sp³-hybridized carbons (Fsp3) is 0.302. The number of hydrogen-bond donors (Lipinski definition) is 0. The SMILES string of the molecule is CC(Oc1ccc2c3c(ccc2c1)Oc1ccc2c(c1C3c1ccc3ccccc3c1)C=CC(OC(C)OC1CCOC1=O)C2)OC1CCOC1=O. The van der Waals surface area contributed by atoms with Crippen molar-refractivity contribution in [1.82, 2.24) is 0 Å². The molecule has 0 spiro atoms. The number of carbonyl (C=O) groups is 2. The summed E-state index contributed by atoms with van der Waals surface area (Å²) in [5, 5.41) is 4.39. The highest BCUT2D eigenvalue weighted by Gasteiger charge is 2.36. The zero-order valence-corrected chi connectivity index (χ0v) is 28.9. The molecule has 2 saturated heterocycles. The van der Waals surface area contributed by atoms with Crippen LogP contribution in [0.25, 0.3) is 27.6 Å². The molecule has 1 aliphatic carbocycles. The summed E-state index contributed by atoms with van der Waals surface area (Å²) in [6, 6.07) is 29.4. The molecule has 52 heavy (non-hydrogen) atoms. The van der Waals surface area contributed by atoms with Crippen LogP contribution in [0.15, 0.2) is 91.0 Å². The van der Waals surface area contributed by atoms with Gasteiger partial charge in [0, 0.05) is 36.3 Å². The van der Waals surface area contributed by atoms with Crippen LogP contribution in [0.4, 0.5) is 0 Å². The summed E-state index contributed by atoms with van der Waals surface area (Å²) in [5.41, 5.74) is 5.60. The van der Waals surface area contributed by atoms with Crippen molar-refractivity contribution in [3.8, 4) is 17.2 Å². The first kappa shape index (κ1) is 32.7. The lowest BCUT2D eigenvalue weighted by Crippen LogP contribution is -2.30. The van der Waals surface area contributed by atoms with Gasteiger partial charge in [0.2, 0.25) is 0 Å². The molecular weight excluding hydrogens is 660 g/mol. The summed E-state index contributed by atoms with van der Waals surface area (Å²) >= 11 is 0. The fourth-order valence-corrected chi connectivity index (χ4v) is 7.92. The van der Waals surface area contributed by atoms with Gasteiger partial charge in [-0.15, -0.1) is 0 Å². The van der Waals surface area contributed by atoms with Gasteiger partial charge in [-0.25, -0.2) is 9.59 Å². The lowest BCUT2D eigenvalue weighted by atomic mass is 9.76. The minimum atomic E-state index is -0.633. The lowest BCUT2D eigenvalue weighted by molar-refractivity contribution is -0.184. The molecule has 6 unspecified atom stereocenters. The van der Waals surface area contributed by atoms with Gasteiger partial charge in [-0.05, 0) is 76.3 Å². The van der Waals surface area contributed by atoms with E-state index in [-0.39, 0.29) is 24.0 Å². The van der Waals surface area contributed by atoms with Gasteiger partial charge < -0.3 is 33.2 Å². The third-order valence-corrected chi connectivity index (χ3v) is 10.3. The maximum Gasteiger partial charge on any atom is 0.335 e. The third-order valence-electron chi connectivity index (χ3n) is 10.3. The molecule has 3 aliphatic heterocycles. The molecule has 3 heterocycles. The Morgan fingerprint density at radius 3 is 2.17 bits per heavy atom. The van der Waals surface area contributed by atoms with Crippen molar-refractivity contribution in [2.45, 2.75) is 69.9 Å². The maximum atomic E-state index is 12.0. The van der Waals surface area contributed by atoms with Crippen LogP contribution in [0.3, 0.4) is 0 Å². The first-order valence-corrected chi connectivity index (χ1v) is 17.9. The number of rotatable bonds is 9. The van der Waals surface area contributed by atoms with Gasteiger partial charge in [0.05, 0.1) is 19.3 Å². The minimum absolute atomic E-state index is 0.137. The molecule has 5 aromatic rings. The van der Waals surface area contributed by atoms with E-state index in [9.17, 15) is 9.59 Å². The Balaban J connectivity index is 1.08. The van der Waals surface area contributed by atoms with Gasteiger partial charge in [-0.2, -0.15) is 0 Å². The first-order chi connectivity index (χ1) is 25.4. The normalized spacial score (nSPS) is 23.0. The van der Waals surface area contributed by atoms with Crippen molar-refractivity contribution in [3.63, 3.8) is 0 Å². The molecule has 0 radical (unpaired) electrons. The number of cyclic esters (lactones) is 2. The van der Waals surface area contributed by atoms with Crippen LogP contribution in [0, 0.1) is 0 Å². The fourth-order valence-electron chi connectivity index (χ4n) is 7.92. The van der Waals surface area contributed by atoms with E-state index in [1.807, 2.05) is 25.1 Å². The molecule has 0 aromatic heterocycles. The molecule has 4 aliphatic rings. The van der Waals surface area contributed by atoms with E-state index in [1.54, 1.807) is 6.92 Å². The van der Waals surface area contributed by atoms with Gasteiger partial charge in [-0.3, -0.25) is 0 Å². The summed E-state index contributed by atoms with van der Waals surface area (Å²) in [6.07, 6.45) is 3.29. The molecule has 0 N–H and O–H groups in total. The number of esters is 2. The second kappa shape index (κ2) is 13.4. The van der Waals surface area contributed by atoms with E-state index in [0.717, 1.165) is 50.1 Å². The second-order valence-corrected chi connectivity index (χ2v) is 13.7. The molecule has 9 rings (SSSR count). The van der Waals surface area contributed by atoms with Crippen molar-refractivity contribution >= 4 is 39.6 Å². The predicted molar refractivity (Wildman–Crippen MR) is 193 cm³/mol. The van der Waals surface area contributed by atoms with Crippen LogP contribution in [0.5, 0.6) is 17.2 Å². The Hall–Kier alpha value is -5.22. The summed E-state index contributed by atoms with van der Waals surface area (Å²) in [6.45, 7) is 4.35. The number of benzene rings is 5. The number of carbonyl (C=O) groups excluding carboxylic acids is 2. The van der Waals surface area contributed by atoms with Crippen LogP contribution < -0.4 is 9.47 Å². The quantitative estimate of drug-likeness (QED) is 0.110. The molecule has 0 saturated carbocycles. The van der Waals surface area contributed by atoms with Crippen molar-refractivity contribution in [1.29, 1.82) is 0 Å². The van der Waals surface area contributed by atoms with Gasteiger partial charge >= 0.3 is 11.9 Å². The van der Waals surface area contributed by atoms with E-state index in [1.165, 1.54) is 10.8 Å². The molecule has 6 atom stereocenters. The molecule has 9 heteroatoms. The van der Waals surface area contributed by atoms with Gasteiger partial charge in [-0.1, -0.05) is 72.8 Å². The summed E-state index contributed by atoms with van der Waals surface area (Å²) < 4.78 is 40.9. The molecule has 2 fully saturated rings. The Bertz CT molecular complexity index is 2240. The van der Waals surface area contributed by atoms with Crippen molar-refractivity contribution in [3.05, 3.63) is 119 Å². The third kappa shape index (κ3) is 6.08. The molecule has 264 valence electrons. The average Bonchev–Trinajstić information content (AvgIpc) is 3.75. The summed E-state index contributed by atoms with van der Waals surface area (Å²) in [7, 11) is 0. The van der Waals surface area contributed by atoms with Gasteiger partial charge in [0.15, 0.2) is 24.8 Å².